The van der Waals surface area contributed by atoms with E-state index < -0.39 is 0 Å². The number of amides is 2. The average Bonchev–Trinajstić information content (AvgIpc) is 2.77. The van der Waals surface area contributed by atoms with Gasteiger partial charge in [-0.05, 0) is 25.6 Å². The summed E-state index contributed by atoms with van der Waals surface area (Å²) in [6.07, 6.45) is 0.742. The fourth-order valence-corrected chi connectivity index (χ4v) is 2.37. The molecule has 2 amide bonds. The summed E-state index contributed by atoms with van der Waals surface area (Å²) in [7, 11) is 1.96. The lowest BCUT2D eigenvalue weighted by atomic mass is 10.1. The third-order valence-corrected chi connectivity index (χ3v) is 3.65. The molecule has 22 heavy (non-hydrogen) atoms. The topological polar surface area (TPSA) is 70.1 Å². The van der Waals surface area contributed by atoms with Crippen LogP contribution in [0.1, 0.15) is 27.1 Å². The molecular formula is C16H22N2O4. The minimum atomic E-state index is -0.246. The molecule has 0 saturated carbocycles. The molecule has 0 aliphatic carbocycles. The second-order valence-corrected chi connectivity index (χ2v) is 5.30. The Bertz CT molecular complexity index is 498. The van der Waals surface area contributed by atoms with Crippen molar-refractivity contribution >= 4 is 11.8 Å². The Kier molecular flexibility index (Phi) is 6.06. The van der Waals surface area contributed by atoms with Crippen molar-refractivity contribution in [3.63, 3.8) is 0 Å². The van der Waals surface area contributed by atoms with Crippen LogP contribution in [0.4, 0.5) is 0 Å². The molecule has 0 bridgehead atoms. The van der Waals surface area contributed by atoms with Crippen LogP contribution in [0.2, 0.25) is 0 Å². The van der Waals surface area contributed by atoms with Gasteiger partial charge in [0.1, 0.15) is 0 Å². The first kappa shape index (κ1) is 16.6. The monoisotopic (exact) mass is 306 g/mol. The lowest BCUT2D eigenvalue weighted by Gasteiger charge is -2.17. The zero-order valence-electron chi connectivity index (χ0n) is 12.8. The first-order valence-corrected chi connectivity index (χ1v) is 7.47. The van der Waals surface area contributed by atoms with Crippen LogP contribution >= 0.6 is 0 Å². The Morgan fingerprint density at radius 2 is 1.73 bits per heavy atom. The van der Waals surface area contributed by atoms with E-state index in [1.807, 2.05) is 7.05 Å². The maximum atomic E-state index is 12.1. The summed E-state index contributed by atoms with van der Waals surface area (Å²) in [6, 6.07) is 6.86. The highest BCUT2D eigenvalue weighted by atomic mass is 16.5. The first-order chi connectivity index (χ1) is 10.6. The van der Waals surface area contributed by atoms with Crippen molar-refractivity contribution in [1.82, 2.24) is 9.80 Å². The molecule has 0 saturated heterocycles. The molecule has 1 aromatic rings. The summed E-state index contributed by atoms with van der Waals surface area (Å²) in [5.74, 6) is -0.492. The molecule has 120 valence electrons. The lowest BCUT2D eigenvalue weighted by Crippen LogP contribution is -2.33. The number of fused-ring (bicyclic) bond motifs is 1. The van der Waals surface area contributed by atoms with Gasteiger partial charge in [0.05, 0.1) is 30.9 Å². The van der Waals surface area contributed by atoms with Gasteiger partial charge in [-0.25, -0.2) is 0 Å². The van der Waals surface area contributed by atoms with Crippen LogP contribution in [0.3, 0.4) is 0 Å². The van der Waals surface area contributed by atoms with Crippen molar-refractivity contribution in [3.05, 3.63) is 35.4 Å². The largest absolute Gasteiger partial charge is 0.396 e. The van der Waals surface area contributed by atoms with E-state index in [-0.39, 0.29) is 25.0 Å². The fourth-order valence-electron chi connectivity index (χ4n) is 2.37. The number of likely N-dealkylation sites (N-methyl/N-ethyl adjacent to an activating group) is 1. The van der Waals surface area contributed by atoms with E-state index in [0.29, 0.717) is 24.3 Å². The third-order valence-electron chi connectivity index (χ3n) is 3.65. The zero-order chi connectivity index (χ0) is 15.9. The van der Waals surface area contributed by atoms with E-state index in [1.165, 1.54) is 4.90 Å². The number of aliphatic hydroxyl groups excluding tert-OH is 1. The van der Waals surface area contributed by atoms with Crippen molar-refractivity contribution in [1.29, 1.82) is 0 Å². The van der Waals surface area contributed by atoms with Gasteiger partial charge in [-0.1, -0.05) is 12.1 Å². The van der Waals surface area contributed by atoms with Crippen LogP contribution in [-0.4, -0.2) is 73.2 Å². The Morgan fingerprint density at radius 3 is 2.32 bits per heavy atom. The maximum absolute atomic E-state index is 12.1. The van der Waals surface area contributed by atoms with Crippen LogP contribution in [0.25, 0.3) is 0 Å². The molecule has 0 spiro atoms. The quantitative estimate of drug-likeness (QED) is 0.535. The highest BCUT2D eigenvalue weighted by Gasteiger charge is 2.34. The predicted octanol–water partition coefficient (Wildman–Crippen LogP) is 0.613. The number of aliphatic hydroxyl groups is 1. The van der Waals surface area contributed by atoms with Gasteiger partial charge >= 0.3 is 0 Å². The highest BCUT2D eigenvalue weighted by Crippen LogP contribution is 2.21. The van der Waals surface area contributed by atoms with Crippen LogP contribution < -0.4 is 0 Å². The molecule has 6 heteroatoms. The smallest absolute Gasteiger partial charge is 0.261 e. The minimum absolute atomic E-state index is 0.185. The van der Waals surface area contributed by atoms with Crippen molar-refractivity contribution in [2.24, 2.45) is 0 Å². The number of ether oxygens (including phenoxy) is 1. The first-order valence-electron chi connectivity index (χ1n) is 7.47. The van der Waals surface area contributed by atoms with E-state index in [1.54, 1.807) is 24.3 Å². The molecule has 1 heterocycles. The number of benzene rings is 1. The standard InChI is InChI=1S/C16H22N2O4/c1-17(7-4-10-19)8-11-22-12-9-18-15(20)13-5-2-3-6-14(13)16(18)21/h2-3,5-6,19H,4,7-12H2,1H3. The molecule has 0 unspecified atom stereocenters. The summed E-state index contributed by atoms with van der Waals surface area (Å²) >= 11 is 0. The normalized spacial score (nSPS) is 14.0. The molecule has 1 aromatic carbocycles. The molecule has 0 atom stereocenters. The van der Waals surface area contributed by atoms with Crippen LogP contribution in [-0.2, 0) is 4.74 Å². The fraction of sp³-hybridized carbons (Fsp3) is 0.500. The van der Waals surface area contributed by atoms with Gasteiger partial charge in [0.25, 0.3) is 11.8 Å². The Morgan fingerprint density at radius 1 is 1.09 bits per heavy atom. The maximum Gasteiger partial charge on any atom is 0.261 e. The van der Waals surface area contributed by atoms with Gasteiger partial charge in [0.15, 0.2) is 0 Å². The van der Waals surface area contributed by atoms with E-state index in [2.05, 4.69) is 4.90 Å². The predicted molar refractivity (Wildman–Crippen MR) is 81.8 cm³/mol. The molecule has 0 radical (unpaired) electrons. The van der Waals surface area contributed by atoms with Crippen molar-refractivity contribution in [3.8, 4) is 0 Å². The SMILES string of the molecule is CN(CCCO)CCOCCN1C(=O)c2ccccc2C1=O. The summed E-state index contributed by atoms with van der Waals surface area (Å²) in [5.41, 5.74) is 0.937. The number of rotatable bonds is 9. The second-order valence-electron chi connectivity index (χ2n) is 5.30. The molecule has 1 aliphatic heterocycles. The minimum Gasteiger partial charge on any atom is -0.396 e. The summed E-state index contributed by atoms with van der Waals surface area (Å²) in [6.45, 7) is 2.89. The van der Waals surface area contributed by atoms with Crippen LogP contribution in [0.5, 0.6) is 0 Å². The van der Waals surface area contributed by atoms with Gasteiger partial charge in [-0.2, -0.15) is 0 Å². The molecule has 6 nitrogen and oxygen atoms in total. The second kappa shape index (κ2) is 8.03. The molecule has 2 rings (SSSR count). The molecule has 1 N–H and O–H groups in total. The number of nitrogens with zero attached hydrogens (tertiary/aromatic N) is 2. The average molecular weight is 306 g/mol. The van der Waals surface area contributed by atoms with E-state index in [9.17, 15) is 9.59 Å². The van der Waals surface area contributed by atoms with E-state index in [0.717, 1.165) is 19.5 Å². The van der Waals surface area contributed by atoms with Gasteiger partial charge in [0, 0.05) is 19.7 Å². The van der Waals surface area contributed by atoms with Gasteiger partial charge in [-0.15, -0.1) is 0 Å². The van der Waals surface area contributed by atoms with Crippen molar-refractivity contribution in [2.45, 2.75) is 6.42 Å². The van der Waals surface area contributed by atoms with E-state index >= 15 is 0 Å². The number of imide groups is 1. The number of hydrogen-bond donors (Lipinski definition) is 1. The van der Waals surface area contributed by atoms with Gasteiger partial charge < -0.3 is 14.7 Å². The summed E-state index contributed by atoms with van der Waals surface area (Å²) in [4.78, 5) is 27.5. The van der Waals surface area contributed by atoms with Crippen LogP contribution in [0.15, 0.2) is 24.3 Å². The Hall–Kier alpha value is -1.76. The summed E-state index contributed by atoms with van der Waals surface area (Å²) < 4.78 is 5.49. The van der Waals surface area contributed by atoms with Gasteiger partial charge in [-0.3, -0.25) is 14.5 Å². The van der Waals surface area contributed by atoms with E-state index in [4.69, 9.17) is 9.84 Å². The highest BCUT2D eigenvalue weighted by molar-refractivity contribution is 6.21. The number of carbonyl (C=O) groups excluding carboxylic acids is 2. The third kappa shape index (κ3) is 3.91. The molecule has 0 fully saturated rings. The van der Waals surface area contributed by atoms with Crippen molar-refractivity contribution < 1.29 is 19.4 Å². The van der Waals surface area contributed by atoms with Crippen LogP contribution in [0, 0.1) is 0 Å². The van der Waals surface area contributed by atoms with Gasteiger partial charge in [0.2, 0.25) is 0 Å². The zero-order valence-corrected chi connectivity index (χ0v) is 12.8. The molecule has 1 aliphatic rings. The Labute approximate surface area is 130 Å². The number of hydrogen-bond acceptors (Lipinski definition) is 5. The molecular weight excluding hydrogens is 284 g/mol. The Balaban J connectivity index is 1.71. The molecule has 0 aromatic heterocycles. The summed E-state index contributed by atoms with van der Waals surface area (Å²) in [5, 5.41) is 8.74. The van der Waals surface area contributed by atoms with Crippen molar-refractivity contribution in [2.75, 3.05) is 46.5 Å². The number of carbonyl (C=O) groups is 2. The lowest BCUT2D eigenvalue weighted by molar-refractivity contribution is 0.0542.